The van der Waals surface area contributed by atoms with Crippen molar-refractivity contribution in [2.24, 2.45) is 0 Å². The van der Waals surface area contributed by atoms with Gasteiger partial charge in [-0.15, -0.1) is 0 Å². The van der Waals surface area contributed by atoms with Gasteiger partial charge in [-0.2, -0.15) is 0 Å². The predicted octanol–water partition coefficient (Wildman–Crippen LogP) is 3.52. The molecule has 0 fully saturated rings. The van der Waals surface area contributed by atoms with Crippen LogP contribution in [-0.4, -0.2) is 5.91 Å². The van der Waals surface area contributed by atoms with E-state index < -0.39 is 0 Å². The molecule has 0 bridgehead atoms. The first kappa shape index (κ1) is 12.0. The summed E-state index contributed by atoms with van der Waals surface area (Å²) in [7, 11) is 0. The van der Waals surface area contributed by atoms with E-state index in [0.29, 0.717) is 22.2 Å². The summed E-state index contributed by atoms with van der Waals surface area (Å²) in [5.41, 5.74) is 1.29. The second kappa shape index (κ2) is 5.25. The molecule has 2 aromatic rings. The Hall–Kier alpha value is -1.45. The molecule has 0 aliphatic rings. The number of carbonyl (C=O) groups is 1. The molecule has 0 radical (unpaired) electrons. The largest absolute Gasteiger partial charge is 0.472 e. The van der Waals surface area contributed by atoms with Crippen LogP contribution >= 0.6 is 23.2 Å². The number of benzene rings is 1. The van der Waals surface area contributed by atoms with E-state index in [-0.39, 0.29) is 5.91 Å². The zero-order valence-electron chi connectivity index (χ0n) is 8.74. The Kier molecular flexibility index (Phi) is 3.71. The van der Waals surface area contributed by atoms with Crippen LogP contribution in [0.1, 0.15) is 15.9 Å². The molecule has 5 heteroatoms. The minimum atomic E-state index is -0.243. The van der Waals surface area contributed by atoms with Gasteiger partial charge in [0.1, 0.15) is 0 Å². The van der Waals surface area contributed by atoms with Crippen LogP contribution < -0.4 is 5.32 Å². The fourth-order valence-corrected chi connectivity index (χ4v) is 1.84. The van der Waals surface area contributed by atoms with Crippen LogP contribution in [0.25, 0.3) is 0 Å². The Morgan fingerprint density at radius 2 is 2.12 bits per heavy atom. The van der Waals surface area contributed by atoms with Gasteiger partial charge in [-0.25, -0.2) is 0 Å². The second-order valence-corrected chi connectivity index (χ2v) is 4.28. The Bertz CT molecular complexity index is 523. The molecule has 88 valence electrons. The first-order valence-corrected chi connectivity index (χ1v) is 5.67. The lowest BCUT2D eigenvalue weighted by Gasteiger charge is -2.05. The Labute approximate surface area is 108 Å². The zero-order valence-corrected chi connectivity index (χ0v) is 10.3. The van der Waals surface area contributed by atoms with Crippen LogP contribution in [0.2, 0.25) is 10.0 Å². The molecule has 0 aliphatic heterocycles. The lowest BCUT2D eigenvalue weighted by atomic mass is 10.2. The monoisotopic (exact) mass is 269 g/mol. The molecule has 17 heavy (non-hydrogen) atoms. The third kappa shape index (κ3) is 3.02. The lowest BCUT2D eigenvalue weighted by molar-refractivity contribution is 0.0951. The molecule has 0 saturated carbocycles. The maximum atomic E-state index is 11.8. The van der Waals surface area contributed by atoms with Crippen molar-refractivity contribution in [3.63, 3.8) is 0 Å². The highest BCUT2D eigenvalue weighted by Crippen LogP contribution is 2.20. The molecule has 1 aromatic heterocycles. The number of carbonyl (C=O) groups excluding carboxylic acids is 1. The maximum absolute atomic E-state index is 11.8. The molecule has 0 atom stereocenters. The smallest absolute Gasteiger partial charge is 0.253 e. The van der Waals surface area contributed by atoms with Crippen molar-refractivity contribution >= 4 is 29.1 Å². The molecule has 1 aromatic carbocycles. The average molecular weight is 270 g/mol. The van der Waals surface area contributed by atoms with Crippen LogP contribution in [0.4, 0.5) is 0 Å². The van der Waals surface area contributed by atoms with Crippen molar-refractivity contribution in [1.29, 1.82) is 0 Å². The number of hydrogen-bond donors (Lipinski definition) is 1. The summed E-state index contributed by atoms with van der Waals surface area (Å²) >= 11 is 11.7. The molecule has 0 saturated heterocycles. The summed E-state index contributed by atoms with van der Waals surface area (Å²) in [6, 6.07) is 6.54. The predicted molar refractivity (Wildman–Crippen MR) is 66.3 cm³/mol. The number of hydrogen-bond acceptors (Lipinski definition) is 2. The highest BCUT2D eigenvalue weighted by Gasteiger charge is 2.10. The van der Waals surface area contributed by atoms with Gasteiger partial charge in [0.15, 0.2) is 0 Å². The molecular weight excluding hydrogens is 261 g/mol. The van der Waals surface area contributed by atoms with E-state index in [4.69, 9.17) is 27.6 Å². The quantitative estimate of drug-likeness (QED) is 0.927. The van der Waals surface area contributed by atoms with E-state index in [1.54, 1.807) is 30.7 Å². The second-order valence-electron chi connectivity index (χ2n) is 3.44. The van der Waals surface area contributed by atoms with Crippen LogP contribution in [0.3, 0.4) is 0 Å². The van der Waals surface area contributed by atoms with Crippen LogP contribution in [0, 0.1) is 0 Å². The van der Waals surface area contributed by atoms with Gasteiger partial charge in [0.2, 0.25) is 0 Å². The van der Waals surface area contributed by atoms with Crippen molar-refractivity contribution in [3.8, 4) is 0 Å². The van der Waals surface area contributed by atoms with E-state index in [1.165, 1.54) is 6.07 Å². The van der Waals surface area contributed by atoms with E-state index >= 15 is 0 Å². The summed E-state index contributed by atoms with van der Waals surface area (Å²) in [6.07, 6.45) is 3.13. The van der Waals surface area contributed by atoms with Crippen molar-refractivity contribution in [2.45, 2.75) is 6.54 Å². The zero-order chi connectivity index (χ0) is 12.3. The normalized spacial score (nSPS) is 10.2. The van der Waals surface area contributed by atoms with Gasteiger partial charge in [-0.3, -0.25) is 4.79 Å². The molecule has 0 aliphatic carbocycles. The fraction of sp³-hybridized carbons (Fsp3) is 0.0833. The SMILES string of the molecule is O=C(NCc1ccoc1)c1ccc(Cl)cc1Cl. The van der Waals surface area contributed by atoms with E-state index in [1.807, 2.05) is 0 Å². The lowest BCUT2D eigenvalue weighted by Crippen LogP contribution is -2.22. The van der Waals surface area contributed by atoms with Crippen molar-refractivity contribution in [1.82, 2.24) is 5.32 Å². The summed E-state index contributed by atoms with van der Waals surface area (Å²) in [5, 5.41) is 3.57. The summed E-state index contributed by atoms with van der Waals surface area (Å²) < 4.78 is 4.90. The van der Waals surface area contributed by atoms with E-state index in [9.17, 15) is 4.79 Å². The third-order valence-electron chi connectivity index (χ3n) is 2.21. The Morgan fingerprint density at radius 3 is 2.76 bits per heavy atom. The number of rotatable bonds is 3. The molecule has 3 nitrogen and oxygen atoms in total. The summed E-state index contributed by atoms with van der Waals surface area (Å²) in [5.74, 6) is -0.243. The summed E-state index contributed by atoms with van der Waals surface area (Å²) in [6.45, 7) is 0.397. The molecule has 0 unspecified atom stereocenters. The van der Waals surface area contributed by atoms with Gasteiger partial charge in [0.05, 0.1) is 23.1 Å². The van der Waals surface area contributed by atoms with Gasteiger partial charge in [-0.1, -0.05) is 23.2 Å². The van der Waals surface area contributed by atoms with Crippen LogP contribution in [-0.2, 0) is 6.54 Å². The van der Waals surface area contributed by atoms with Gasteiger partial charge in [0, 0.05) is 17.1 Å². The van der Waals surface area contributed by atoms with Crippen LogP contribution in [0.5, 0.6) is 0 Å². The molecule has 2 rings (SSSR count). The molecule has 0 spiro atoms. The first-order chi connectivity index (χ1) is 8.16. The summed E-state index contributed by atoms with van der Waals surface area (Å²) in [4.78, 5) is 11.8. The van der Waals surface area contributed by atoms with Crippen molar-refractivity contribution in [3.05, 3.63) is 58.0 Å². The van der Waals surface area contributed by atoms with Crippen LogP contribution in [0.15, 0.2) is 41.2 Å². The third-order valence-corrected chi connectivity index (χ3v) is 2.76. The van der Waals surface area contributed by atoms with E-state index in [2.05, 4.69) is 5.32 Å². The number of nitrogens with one attached hydrogen (secondary N) is 1. The van der Waals surface area contributed by atoms with Gasteiger partial charge in [-0.05, 0) is 24.3 Å². The standard InChI is InChI=1S/C12H9Cl2NO2/c13-9-1-2-10(11(14)5-9)12(16)15-6-8-3-4-17-7-8/h1-5,7H,6H2,(H,15,16). The highest BCUT2D eigenvalue weighted by atomic mass is 35.5. The molecule has 1 N–H and O–H groups in total. The highest BCUT2D eigenvalue weighted by molar-refractivity contribution is 6.36. The molecule has 1 heterocycles. The van der Waals surface area contributed by atoms with Crippen molar-refractivity contribution in [2.75, 3.05) is 0 Å². The fourth-order valence-electron chi connectivity index (χ4n) is 1.34. The van der Waals surface area contributed by atoms with Gasteiger partial charge >= 0.3 is 0 Å². The molecular formula is C12H9Cl2NO2. The van der Waals surface area contributed by atoms with Gasteiger partial charge < -0.3 is 9.73 Å². The minimum absolute atomic E-state index is 0.243. The maximum Gasteiger partial charge on any atom is 0.253 e. The minimum Gasteiger partial charge on any atom is -0.472 e. The molecule has 1 amide bonds. The average Bonchev–Trinajstić information content (AvgIpc) is 2.78. The first-order valence-electron chi connectivity index (χ1n) is 4.91. The topological polar surface area (TPSA) is 42.2 Å². The Morgan fingerprint density at radius 1 is 1.29 bits per heavy atom. The Balaban J connectivity index is 2.04. The van der Waals surface area contributed by atoms with E-state index in [0.717, 1.165) is 5.56 Å². The van der Waals surface area contributed by atoms with Crippen molar-refractivity contribution < 1.29 is 9.21 Å². The number of furan rings is 1. The number of halogens is 2. The van der Waals surface area contributed by atoms with Gasteiger partial charge in [0.25, 0.3) is 5.91 Å². The number of amides is 1.